The fraction of sp³-hybridized carbons (Fsp3) is 0. The standard InChI is InChI=1S/C50H26N4O2/c1-52-38-16-10-15-31(48(38)54-41-18-7-3-14-37(41)47-43(54)26-23-35-33-12-5-9-20-45(33)56-50(35)47)29-21-24-39(30(27-29)28-51)53-40-17-6-2-13-36(40)46-42(53)25-22-34-32-11-4-8-19-44(32)55-49(34)46/h2-27H. The first-order valence-corrected chi connectivity index (χ1v) is 18.4. The third-order valence-corrected chi connectivity index (χ3v) is 11.4. The first kappa shape index (κ1) is 30.4. The summed E-state index contributed by atoms with van der Waals surface area (Å²) in [6.07, 6.45) is 0. The van der Waals surface area contributed by atoms with Crippen molar-refractivity contribution in [3.8, 4) is 28.6 Å². The lowest BCUT2D eigenvalue weighted by Gasteiger charge is -2.17. The maximum Gasteiger partial charge on any atom is 0.211 e. The van der Waals surface area contributed by atoms with Gasteiger partial charge in [0.1, 0.15) is 28.4 Å². The second-order valence-electron chi connectivity index (χ2n) is 14.2. The van der Waals surface area contributed by atoms with Crippen LogP contribution >= 0.6 is 0 Å². The smallest absolute Gasteiger partial charge is 0.211 e. The molecule has 258 valence electrons. The van der Waals surface area contributed by atoms with E-state index in [1.165, 1.54) is 0 Å². The fourth-order valence-corrected chi connectivity index (χ4v) is 9.05. The van der Waals surface area contributed by atoms with Gasteiger partial charge in [0.2, 0.25) is 5.69 Å². The quantitative estimate of drug-likeness (QED) is 0.171. The number of benzene rings is 8. The van der Waals surface area contributed by atoms with Crippen LogP contribution in [0.5, 0.6) is 0 Å². The van der Waals surface area contributed by atoms with Crippen LogP contribution in [0.3, 0.4) is 0 Å². The zero-order valence-electron chi connectivity index (χ0n) is 29.6. The summed E-state index contributed by atoms with van der Waals surface area (Å²) in [5.41, 5.74) is 11.4. The number of nitrogens with zero attached hydrogens (tertiary/aromatic N) is 4. The van der Waals surface area contributed by atoms with Crippen LogP contribution in [0.2, 0.25) is 0 Å². The van der Waals surface area contributed by atoms with E-state index >= 15 is 0 Å². The molecule has 4 heterocycles. The van der Waals surface area contributed by atoms with Crippen molar-refractivity contribution >= 4 is 93.2 Å². The average Bonchev–Trinajstić information content (AvgIpc) is 4.00. The Kier molecular flexibility index (Phi) is 6.10. The average molecular weight is 715 g/mol. The van der Waals surface area contributed by atoms with Crippen molar-refractivity contribution in [2.45, 2.75) is 0 Å². The highest BCUT2D eigenvalue weighted by Gasteiger charge is 2.24. The van der Waals surface area contributed by atoms with Crippen LogP contribution in [-0.4, -0.2) is 9.13 Å². The molecule has 0 aliphatic rings. The largest absolute Gasteiger partial charge is 0.455 e. The molecule has 8 aromatic carbocycles. The van der Waals surface area contributed by atoms with Crippen molar-refractivity contribution < 1.29 is 8.83 Å². The molecule has 0 atom stereocenters. The van der Waals surface area contributed by atoms with Gasteiger partial charge in [-0.25, -0.2) is 4.85 Å². The molecular weight excluding hydrogens is 689 g/mol. The van der Waals surface area contributed by atoms with E-state index in [-0.39, 0.29) is 0 Å². The van der Waals surface area contributed by atoms with Crippen molar-refractivity contribution in [1.82, 2.24) is 9.13 Å². The molecule has 6 nitrogen and oxygen atoms in total. The summed E-state index contributed by atoms with van der Waals surface area (Å²) >= 11 is 0. The number of fused-ring (bicyclic) bond motifs is 14. The second-order valence-corrected chi connectivity index (χ2v) is 14.2. The van der Waals surface area contributed by atoms with Crippen LogP contribution in [0.1, 0.15) is 5.56 Å². The van der Waals surface area contributed by atoms with Gasteiger partial charge in [0.05, 0.1) is 56.3 Å². The number of rotatable bonds is 3. The highest BCUT2D eigenvalue weighted by atomic mass is 16.3. The summed E-state index contributed by atoms with van der Waals surface area (Å²) in [6.45, 7) is 8.35. The Morgan fingerprint density at radius 3 is 1.66 bits per heavy atom. The predicted molar refractivity (Wildman–Crippen MR) is 226 cm³/mol. The van der Waals surface area contributed by atoms with Gasteiger partial charge in [-0.05, 0) is 71.8 Å². The van der Waals surface area contributed by atoms with E-state index in [9.17, 15) is 5.26 Å². The summed E-state index contributed by atoms with van der Waals surface area (Å²) in [5, 5.41) is 19.2. The highest BCUT2D eigenvalue weighted by Crippen LogP contribution is 2.46. The minimum Gasteiger partial charge on any atom is -0.455 e. The van der Waals surface area contributed by atoms with Crippen LogP contribution < -0.4 is 0 Å². The van der Waals surface area contributed by atoms with Crippen molar-refractivity contribution in [2.24, 2.45) is 0 Å². The first-order valence-electron chi connectivity index (χ1n) is 18.4. The highest BCUT2D eigenvalue weighted by molar-refractivity contribution is 6.25. The molecule has 4 aromatic heterocycles. The van der Waals surface area contributed by atoms with Crippen molar-refractivity contribution in [3.63, 3.8) is 0 Å². The molecule has 0 N–H and O–H groups in total. The molecule has 0 saturated heterocycles. The Labute approximate surface area is 318 Å². The Bertz CT molecular complexity index is 3750. The van der Waals surface area contributed by atoms with E-state index in [1.807, 2.05) is 91.0 Å². The van der Waals surface area contributed by atoms with E-state index in [4.69, 9.17) is 15.4 Å². The monoisotopic (exact) mass is 714 g/mol. The zero-order valence-corrected chi connectivity index (χ0v) is 29.6. The third kappa shape index (κ3) is 3.97. The lowest BCUT2D eigenvalue weighted by atomic mass is 9.99. The van der Waals surface area contributed by atoms with Gasteiger partial charge in [-0.15, -0.1) is 0 Å². The van der Waals surface area contributed by atoms with Gasteiger partial charge >= 0.3 is 0 Å². The van der Waals surface area contributed by atoms with E-state index in [0.717, 1.165) is 110 Å². The molecule has 0 amide bonds. The number of hydrogen-bond acceptors (Lipinski definition) is 3. The Morgan fingerprint density at radius 1 is 0.500 bits per heavy atom. The normalized spacial score (nSPS) is 11.9. The SMILES string of the molecule is [C-]#[N+]c1cccc(-c2ccc(-n3c4ccccc4c4c5oc6ccccc6c5ccc43)c(C#N)c2)c1-n1c2ccccc2c2c3oc4ccccc4c3ccc21. The maximum absolute atomic E-state index is 10.9. The minimum atomic E-state index is 0.509. The van der Waals surface area contributed by atoms with E-state index in [2.05, 4.69) is 86.8 Å². The van der Waals surface area contributed by atoms with Crippen molar-refractivity contribution in [3.05, 3.63) is 175 Å². The number of hydrogen-bond donors (Lipinski definition) is 0. The Hall–Kier alpha value is -8.06. The molecule has 0 unspecified atom stereocenters. The molecular formula is C50H26N4O2. The van der Waals surface area contributed by atoms with Gasteiger partial charge in [0, 0.05) is 32.3 Å². The molecule has 0 radical (unpaired) electrons. The second kappa shape index (κ2) is 11.2. The first-order chi connectivity index (χ1) is 27.7. The number of nitriles is 1. The van der Waals surface area contributed by atoms with Crippen molar-refractivity contribution in [2.75, 3.05) is 0 Å². The third-order valence-electron chi connectivity index (χ3n) is 11.4. The molecule has 0 aliphatic carbocycles. The molecule has 0 saturated carbocycles. The van der Waals surface area contributed by atoms with Gasteiger partial charge in [-0.2, -0.15) is 5.26 Å². The van der Waals surface area contributed by atoms with E-state index < -0.39 is 0 Å². The molecule has 0 bridgehead atoms. The Morgan fingerprint density at radius 2 is 1.05 bits per heavy atom. The zero-order chi connectivity index (χ0) is 37.1. The van der Waals surface area contributed by atoms with Crippen LogP contribution in [0.25, 0.3) is 115 Å². The molecule has 12 rings (SSSR count). The van der Waals surface area contributed by atoms with Gasteiger partial charge in [-0.3, -0.25) is 0 Å². The fourth-order valence-electron chi connectivity index (χ4n) is 9.05. The minimum absolute atomic E-state index is 0.509. The lowest BCUT2D eigenvalue weighted by molar-refractivity contribution is 0.672. The van der Waals surface area contributed by atoms with Gasteiger partial charge in [0.15, 0.2) is 0 Å². The summed E-state index contributed by atoms with van der Waals surface area (Å²) in [5.74, 6) is 0. The number of aromatic nitrogens is 2. The van der Waals surface area contributed by atoms with E-state index in [0.29, 0.717) is 11.3 Å². The summed E-state index contributed by atoms with van der Waals surface area (Å²) < 4.78 is 17.4. The summed E-state index contributed by atoms with van der Waals surface area (Å²) in [7, 11) is 0. The van der Waals surface area contributed by atoms with Gasteiger partial charge < -0.3 is 18.0 Å². The van der Waals surface area contributed by atoms with Gasteiger partial charge in [-0.1, -0.05) is 97.1 Å². The topological polar surface area (TPSA) is 64.3 Å². The molecule has 0 aliphatic heterocycles. The summed E-state index contributed by atoms with van der Waals surface area (Å²) in [4.78, 5) is 4.06. The predicted octanol–water partition coefficient (Wildman–Crippen LogP) is 13.8. The summed E-state index contributed by atoms with van der Waals surface area (Å²) in [6, 6.07) is 55.7. The Balaban J connectivity index is 1.11. The molecule has 12 aromatic rings. The van der Waals surface area contributed by atoms with E-state index in [1.54, 1.807) is 0 Å². The van der Waals surface area contributed by atoms with Crippen LogP contribution in [0.15, 0.2) is 167 Å². The number of para-hydroxylation sites is 5. The molecule has 0 fully saturated rings. The van der Waals surface area contributed by atoms with Crippen LogP contribution in [0.4, 0.5) is 5.69 Å². The van der Waals surface area contributed by atoms with Crippen molar-refractivity contribution in [1.29, 1.82) is 5.26 Å². The molecule has 6 heteroatoms. The molecule has 0 spiro atoms. The van der Waals surface area contributed by atoms with Crippen LogP contribution in [0, 0.1) is 17.9 Å². The lowest BCUT2D eigenvalue weighted by Crippen LogP contribution is -2.00. The van der Waals surface area contributed by atoms with Gasteiger partial charge in [0.25, 0.3) is 0 Å². The molecule has 56 heavy (non-hydrogen) atoms. The number of furan rings is 2. The van der Waals surface area contributed by atoms with Crippen LogP contribution in [-0.2, 0) is 0 Å². The maximum atomic E-state index is 10.9.